The van der Waals surface area contributed by atoms with Gasteiger partial charge in [0.1, 0.15) is 0 Å². The van der Waals surface area contributed by atoms with Crippen molar-refractivity contribution in [2.24, 2.45) is 5.73 Å². The molecule has 0 fully saturated rings. The Balaban J connectivity index is 2.17. The quantitative estimate of drug-likeness (QED) is 0.279. The highest BCUT2D eigenvalue weighted by atomic mass is 15.0. The molecule has 0 aliphatic heterocycles. The third kappa shape index (κ3) is 3.21. The molecule has 1 aliphatic rings. The lowest BCUT2D eigenvalue weighted by Crippen LogP contribution is -2.16. The van der Waals surface area contributed by atoms with Crippen LogP contribution in [0.2, 0.25) is 0 Å². The van der Waals surface area contributed by atoms with Crippen LogP contribution in [0.15, 0.2) is 67.3 Å². The van der Waals surface area contributed by atoms with Crippen LogP contribution in [0.3, 0.4) is 0 Å². The summed E-state index contributed by atoms with van der Waals surface area (Å²) < 4.78 is 2.47. The zero-order valence-corrected chi connectivity index (χ0v) is 22.2. The van der Waals surface area contributed by atoms with Crippen LogP contribution in [-0.2, 0) is 6.42 Å². The zero-order valence-electron chi connectivity index (χ0n) is 22.2. The summed E-state index contributed by atoms with van der Waals surface area (Å²) >= 11 is 0. The summed E-state index contributed by atoms with van der Waals surface area (Å²) in [5.41, 5.74) is 21.8. The van der Waals surface area contributed by atoms with Crippen molar-refractivity contribution < 1.29 is 0 Å². The van der Waals surface area contributed by atoms with Gasteiger partial charge in [-0.1, -0.05) is 80.8 Å². The SMILES string of the molecule is C=C/C(=C(C)\C=C/C)c1c(C)c(-c2ccccc2C)c2c(C=C)c(CC)n3c4c(c1c23)C=CCC4N. The van der Waals surface area contributed by atoms with E-state index in [1.165, 1.54) is 77.8 Å². The first-order valence-electron chi connectivity index (χ1n) is 13.0. The molecule has 0 bridgehead atoms. The summed E-state index contributed by atoms with van der Waals surface area (Å²) in [7, 11) is 0. The molecule has 0 amide bonds. The van der Waals surface area contributed by atoms with Crippen molar-refractivity contribution in [3.8, 4) is 11.1 Å². The third-order valence-corrected chi connectivity index (χ3v) is 7.88. The van der Waals surface area contributed by atoms with E-state index in [9.17, 15) is 0 Å². The Bertz CT molecular complexity index is 1620. The first-order valence-corrected chi connectivity index (χ1v) is 13.0. The van der Waals surface area contributed by atoms with E-state index in [2.05, 4.69) is 101 Å². The predicted molar refractivity (Wildman–Crippen MR) is 159 cm³/mol. The van der Waals surface area contributed by atoms with E-state index >= 15 is 0 Å². The Hall–Kier alpha value is -3.62. The molecule has 2 nitrogen and oxygen atoms in total. The number of fused-ring (bicyclic) bond motifs is 3. The van der Waals surface area contributed by atoms with Gasteiger partial charge in [-0.15, -0.1) is 0 Å². The molecule has 0 saturated heterocycles. The van der Waals surface area contributed by atoms with Crippen molar-refractivity contribution in [3.63, 3.8) is 0 Å². The summed E-state index contributed by atoms with van der Waals surface area (Å²) in [6.45, 7) is 19.5. The van der Waals surface area contributed by atoms with Gasteiger partial charge in [-0.2, -0.15) is 0 Å². The molecule has 2 heterocycles. The maximum absolute atomic E-state index is 6.83. The molecular weight excluding hydrogens is 436 g/mol. The number of hydrogen-bond donors (Lipinski definition) is 1. The highest BCUT2D eigenvalue weighted by molar-refractivity contribution is 6.19. The minimum Gasteiger partial charge on any atom is -0.322 e. The maximum atomic E-state index is 6.83. The Morgan fingerprint density at radius 2 is 1.92 bits per heavy atom. The Labute approximate surface area is 215 Å². The first kappa shape index (κ1) is 24.1. The van der Waals surface area contributed by atoms with Gasteiger partial charge in [-0.3, -0.25) is 0 Å². The predicted octanol–water partition coefficient (Wildman–Crippen LogP) is 8.97. The van der Waals surface area contributed by atoms with Crippen LogP contribution in [0.4, 0.5) is 0 Å². The summed E-state index contributed by atoms with van der Waals surface area (Å²) in [6, 6.07) is 8.67. The second-order valence-corrected chi connectivity index (χ2v) is 9.89. The maximum Gasteiger partial charge on any atom is 0.0627 e. The first-order chi connectivity index (χ1) is 17.4. The van der Waals surface area contributed by atoms with E-state index in [4.69, 9.17) is 5.73 Å². The summed E-state index contributed by atoms with van der Waals surface area (Å²) in [4.78, 5) is 0. The fraction of sp³-hybridized carbons (Fsp3) is 0.235. The van der Waals surface area contributed by atoms with Gasteiger partial charge in [-0.05, 0) is 79.5 Å². The molecule has 36 heavy (non-hydrogen) atoms. The van der Waals surface area contributed by atoms with Gasteiger partial charge in [0.25, 0.3) is 0 Å². The minimum atomic E-state index is -0.0428. The minimum absolute atomic E-state index is 0.0428. The fourth-order valence-electron chi connectivity index (χ4n) is 6.40. The number of aromatic nitrogens is 1. The monoisotopic (exact) mass is 472 g/mol. The molecule has 1 atom stereocenters. The number of benzene rings is 2. The molecule has 4 aromatic rings. The lowest BCUT2D eigenvalue weighted by molar-refractivity contribution is 0.691. The molecule has 2 N–H and O–H groups in total. The lowest BCUT2D eigenvalue weighted by Gasteiger charge is -2.21. The molecule has 2 aromatic heterocycles. The molecule has 1 unspecified atom stereocenters. The number of nitrogens with zero attached hydrogens (tertiary/aromatic N) is 1. The second kappa shape index (κ2) is 9.11. The zero-order chi connectivity index (χ0) is 25.7. The normalized spacial score (nSPS) is 16.2. The molecule has 1 aliphatic carbocycles. The lowest BCUT2D eigenvalue weighted by atomic mass is 9.82. The van der Waals surface area contributed by atoms with Gasteiger partial charge in [0.05, 0.1) is 5.52 Å². The smallest absolute Gasteiger partial charge is 0.0627 e. The topological polar surface area (TPSA) is 30.4 Å². The van der Waals surface area contributed by atoms with Crippen molar-refractivity contribution in [2.45, 2.75) is 53.5 Å². The molecule has 0 radical (unpaired) electrons. The van der Waals surface area contributed by atoms with Crippen LogP contribution >= 0.6 is 0 Å². The van der Waals surface area contributed by atoms with Gasteiger partial charge in [0.15, 0.2) is 0 Å². The number of aryl methyl sites for hydroxylation is 2. The van der Waals surface area contributed by atoms with Crippen molar-refractivity contribution in [1.82, 2.24) is 4.40 Å². The summed E-state index contributed by atoms with van der Waals surface area (Å²) in [5, 5.41) is 2.57. The number of nitrogens with two attached hydrogens (primary N) is 1. The molecule has 5 rings (SSSR count). The second-order valence-electron chi connectivity index (χ2n) is 9.89. The van der Waals surface area contributed by atoms with Crippen LogP contribution in [0.1, 0.15) is 72.4 Å². The molecular formula is C34H36N2. The largest absolute Gasteiger partial charge is 0.322 e. The average Bonchev–Trinajstić information content (AvgIpc) is 3.37. The van der Waals surface area contributed by atoms with Crippen LogP contribution in [0.25, 0.3) is 45.1 Å². The molecule has 182 valence electrons. The van der Waals surface area contributed by atoms with Crippen LogP contribution in [0, 0.1) is 13.8 Å². The number of hydrogen-bond acceptors (Lipinski definition) is 1. The third-order valence-electron chi connectivity index (χ3n) is 7.88. The number of rotatable bonds is 6. The Morgan fingerprint density at radius 1 is 1.17 bits per heavy atom. The van der Waals surface area contributed by atoms with Crippen LogP contribution in [0.5, 0.6) is 0 Å². The Kier molecular flexibility index (Phi) is 6.10. The highest BCUT2D eigenvalue weighted by Gasteiger charge is 2.32. The van der Waals surface area contributed by atoms with Crippen molar-refractivity contribution in [1.29, 1.82) is 0 Å². The van der Waals surface area contributed by atoms with Gasteiger partial charge >= 0.3 is 0 Å². The molecule has 2 heteroatoms. The van der Waals surface area contributed by atoms with Crippen molar-refractivity contribution >= 4 is 34.0 Å². The molecule has 0 spiro atoms. The van der Waals surface area contributed by atoms with E-state index in [0.717, 1.165) is 12.8 Å². The van der Waals surface area contributed by atoms with E-state index in [0.29, 0.717) is 0 Å². The van der Waals surface area contributed by atoms with Gasteiger partial charge in [0, 0.05) is 39.3 Å². The van der Waals surface area contributed by atoms with Crippen molar-refractivity contribution in [2.75, 3.05) is 0 Å². The standard InChI is InChI=1S/C34H36N2/c1-8-15-20(5)23(9-2)29-22(7)30(25-17-13-12-16-21(25)6)31-24(10-3)28(11-4)36-33-26(32(29)34(31)36)18-14-19-27(33)35/h8-10,12-18,27H,2-3,11,19,35H2,1,4-7H3/b15-8-,23-20+. The van der Waals surface area contributed by atoms with Gasteiger partial charge in [-0.25, -0.2) is 0 Å². The van der Waals surface area contributed by atoms with E-state index < -0.39 is 0 Å². The highest BCUT2D eigenvalue weighted by Crippen LogP contribution is 2.50. The average molecular weight is 473 g/mol. The van der Waals surface area contributed by atoms with E-state index in [-0.39, 0.29) is 6.04 Å². The van der Waals surface area contributed by atoms with E-state index in [1.807, 2.05) is 12.2 Å². The van der Waals surface area contributed by atoms with Crippen molar-refractivity contribution in [3.05, 3.63) is 107 Å². The van der Waals surface area contributed by atoms with Crippen LogP contribution in [-0.4, -0.2) is 4.40 Å². The molecule has 2 aromatic carbocycles. The van der Waals surface area contributed by atoms with Gasteiger partial charge < -0.3 is 10.1 Å². The number of allylic oxidation sites excluding steroid dienone is 5. The fourth-order valence-corrected chi connectivity index (χ4v) is 6.40. The summed E-state index contributed by atoms with van der Waals surface area (Å²) in [5.74, 6) is 0. The summed E-state index contributed by atoms with van der Waals surface area (Å²) in [6.07, 6.45) is 14.6. The van der Waals surface area contributed by atoms with E-state index in [1.54, 1.807) is 0 Å². The van der Waals surface area contributed by atoms with Crippen LogP contribution < -0.4 is 5.73 Å². The molecule has 0 saturated carbocycles. The Morgan fingerprint density at radius 3 is 2.56 bits per heavy atom. The van der Waals surface area contributed by atoms with Gasteiger partial charge in [0.2, 0.25) is 0 Å².